The number of nitrogen functional groups attached to an aromatic ring is 1. The number of rotatable bonds is 17. The van der Waals surface area contributed by atoms with Crippen molar-refractivity contribution in [3.05, 3.63) is 48.0 Å². The first-order valence-electron chi connectivity index (χ1n) is 15.6. The summed E-state index contributed by atoms with van der Waals surface area (Å²) in [7, 11) is 0. The van der Waals surface area contributed by atoms with E-state index < -0.39 is 53.8 Å². The number of hydrogen-bond acceptors (Lipinski definition) is 7. The van der Waals surface area contributed by atoms with Gasteiger partial charge in [-0.25, -0.2) is 4.79 Å². The Labute approximate surface area is 282 Å². The van der Waals surface area contributed by atoms with Crippen molar-refractivity contribution in [2.75, 3.05) is 13.1 Å². The van der Waals surface area contributed by atoms with Gasteiger partial charge in [0.2, 0.25) is 23.6 Å². The van der Waals surface area contributed by atoms with Gasteiger partial charge in [-0.3, -0.25) is 30.0 Å². The number of nitrogens with two attached hydrogens (primary N) is 3. The van der Waals surface area contributed by atoms with Crippen molar-refractivity contribution < 1.29 is 42.3 Å². The first kappa shape index (κ1) is 41.9. The molecule has 1 aromatic rings. The van der Waals surface area contributed by atoms with Crippen molar-refractivity contribution in [3.8, 4) is 0 Å². The largest absolute Gasteiger partial charge is 0.490 e. The van der Waals surface area contributed by atoms with Crippen LogP contribution in [0.25, 0.3) is 0 Å². The number of halogens is 3. The zero-order valence-corrected chi connectivity index (χ0v) is 27.0. The monoisotopic (exact) mass is 697 g/mol. The van der Waals surface area contributed by atoms with Crippen LogP contribution in [0.3, 0.4) is 0 Å². The highest BCUT2D eigenvalue weighted by Gasteiger charge is 2.38. The van der Waals surface area contributed by atoms with Crippen LogP contribution in [0.4, 0.5) is 13.2 Å². The van der Waals surface area contributed by atoms with Crippen molar-refractivity contribution in [1.29, 1.82) is 10.8 Å². The smallest absolute Gasteiger partial charge is 0.475 e. The number of aliphatic carboxylic acids is 1. The molecule has 1 fully saturated rings. The van der Waals surface area contributed by atoms with Gasteiger partial charge in [-0.15, -0.1) is 6.58 Å². The van der Waals surface area contributed by atoms with Crippen molar-refractivity contribution in [2.45, 2.75) is 76.0 Å². The van der Waals surface area contributed by atoms with E-state index in [1.165, 1.54) is 6.08 Å². The van der Waals surface area contributed by atoms with E-state index in [1.807, 2.05) is 0 Å². The normalized spacial score (nSPS) is 14.8. The van der Waals surface area contributed by atoms with Crippen molar-refractivity contribution in [1.82, 2.24) is 21.3 Å². The molecule has 0 aliphatic heterocycles. The highest BCUT2D eigenvalue weighted by molar-refractivity contribution is 6.02. The molecule has 13 N–H and O–H groups in total. The van der Waals surface area contributed by atoms with E-state index in [0.29, 0.717) is 30.5 Å². The van der Waals surface area contributed by atoms with E-state index in [2.05, 4.69) is 27.8 Å². The molecule has 2 unspecified atom stereocenters. The number of primary amides is 1. The third-order valence-electron chi connectivity index (χ3n) is 7.57. The van der Waals surface area contributed by atoms with E-state index in [-0.39, 0.29) is 37.1 Å². The lowest BCUT2D eigenvalue weighted by Gasteiger charge is -2.29. The molecule has 18 heteroatoms. The number of carboxylic acid groups (broad SMARTS) is 1. The number of guanidine groups is 1. The van der Waals surface area contributed by atoms with Gasteiger partial charge in [-0.05, 0) is 37.2 Å². The zero-order valence-electron chi connectivity index (χ0n) is 27.0. The fourth-order valence-corrected chi connectivity index (χ4v) is 5.00. The second-order valence-electron chi connectivity index (χ2n) is 11.5. The van der Waals surface area contributed by atoms with E-state index >= 15 is 0 Å². The van der Waals surface area contributed by atoms with Gasteiger partial charge in [-0.2, -0.15) is 13.2 Å². The summed E-state index contributed by atoms with van der Waals surface area (Å²) in [6.07, 6.45) is 2.49. The first-order chi connectivity index (χ1) is 23.0. The second kappa shape index (κ2) is 20.9. The summed E-state index contributed by atoms with van der Waals surface area (Å²) in [5.41, 5.74) is 17.6. The Bertz CT molecular complexity index is 1320. The molecule has 0 bridgehead atoms. The fourth-order valence-electron chi connectivity index (χ4n) is 5.00. The predicted octanol–water partition coefficient (Wildman–Crippen LogP) is 0.753. The number of amides is 4. The van der Waals surface area contributed by atoms with Crippen LogP contribution in [0, 0.1) is 22.7 Å². The summed E-state index contributed by atoms with van der Waals surface area (Å²) in [5, 5.41) is 32.7. The lowest BCUT2D eigenvalue weighted by molar-refractivity contribution is -0.192. The molecule has 1 aliphatic rings. The van der Waals surface area contributed by atoms with Gasteiger partial charge >= 0.3 is 12.1 Å². The first-order valence-corrected chi connectivity index (χ1v) is 15.6. The van der Waals surface area contributed by atoms with Crippen LogP contribution in [0.2, 0.25) is 0 Å². The van der Waals surface area contributed by atoms with Gasteiger partial charge in [-0.1, -0.05) is 62.4 Å². The second-order valence-corrected chi connectivity index (χ2v) is 11.5. The lowest BCUT2D eigenvalue weighted by Crippen LogP contribution is -2.55. The van der Waals surface area contributed by atoms with Gasteiger partial charge in [0.15, 0.2) is 5.96 Å². The van der Waals surface area contributed by atoms with Crippen LogP contribution in [0.5, 0.6) is 0 Å². The Morgan fingerprint density at radius 3 is 1.98 bits per heavy atom. The molecule has 2 rings (SSSR count). The molecular formula is C31H46F3N9O6. The van der Waals surface area contributed by atoms with Gasteiger partial charge in [0, 0.05) is 18.7 Å². The maximum absolute atomic E-state index is 13.6. The van der Waals surface area contributed by atoms with Crippen LogP contribution in [-0.4, -0.2) is 77.8 Å². The molecule has 15 nitrogen and oxygen atoms in total. The summed E-state index contributed by atoms with van der Waals surface area (Å²) in [6, 6.07) is 4.72. The van der Waals surface area contributed by atoms with Crippen LogP contribution >= 0.6 is 0 Å². The number of hydrogen-bond donors (Lipinski definition) is 10. The fraction of sp³-hybridized carbons (Fsp3) is 0.516. The molecule has 0 heterocycles. The number of alkyl halides is 3. The maximum atomic E-state index is 13.6. The Hall–Kier alpha value is -5.16. The average Bonchev–Trinajstić information content (AvgIpc) is 3.03. The van der Waals surface area contributed by atoms with Crippen LogP contribution in [0.1, 0.15) is 62.5 Å². The molecule has 1 aromatic carbocycles. The quantitative estimate of drug-likeness (QED) is 0.0361. The Kier molecular flexibility index (Phi) is 17.9. The van der Waals surface area contributed by atoms with E-state index in [9.17, 15) is 32.3 Å². The van der Waals surface area contributed by atoms with Crippen molar-refractivity contribution in [2.24, 2.45) is 29.0 Å². The summed E-state index contributed by atoms with van der Waals surface area (Å²) in [4.78, 5) is 61.2. The predicted molar refractivity (Wildman–Crippen MR) is 175 cm³/mol. The minimum atomic E-state index is -5.08. The van der Waals surface area contributed by atoms with E-state index in [1.54, 1.807) is 24.3 Å². The summed E-state index contributed by atoms with van der Waals surface area (Å²) in [5.74, 6) is -6.41. The van der Waals surface area contributed by atoms with Gasteiger partial charge in [0.05, 0.1) is 0 Å². The standard InChI is InChI=1S/C29H45N9O4.C2HF3O2/c1-2-14-35-26(40)21(16-19-10-12-20(13-11-19)24(30)31)27(41)38-23(17-18-7-4-3-5-8-18)28(42)37-22(25(32)39)9-6-15-36-29(33)34;3-2(4,5)1(6)7/h2,10-13,18,21-23H,1,3-9,14-17H2,(H3,30,31)(H2,32,39)(H,35,40)(H,37,42)(H,38,41)(H4,33,34,36);(H,6,7)/t21?,22-,23?;/m0./s1. The van der Waals surface area contributed by atoms with Crippen LogP contribution in [0.15, 0.2) is 36.9 Å². The molecule has 0 saturated heterocycles. The Morgan fingerprint density at radius 1 is 0.918 bits per heavy atom. The van der Waals surface area contributed by atoms with E-state index in [4.69, 9.17) is 37.9 Å². The van der Waals surface area contributed by atoms with Crippen LogP contribution < -0.4 is 38.5 Å². The number of carboxylic acids is 1. The topological polar surface area (TPSA) is 279 Å². The van der Waals surface area contributed by atoms with Gasteiger partial charge in [0.1, 0.15) is 23.8 Å². The zero-order chi connectivity index (χ0) is 37.1. The highest BCUT2D eigenvalue weighted by Crippen LogP contribution is 2.27. The highest BCUT2D eigenvalue weighted by atomic mass is 19.4. The molecule has 4 amide bonds. The molecule has 3 atom stereocenters. The molecule has 1 saturated carbocycles. The molecule has 0 spiro atoms. The van der Waals surface area contributed by atoms with Crippen LogP contribution in [-0.2, 0) is 30.4 Å². The minimum absolute atomic E-state index is 0.0534. The Balaban J connectivity index is 0.00000154. The summed E-state index contributed by atoms with van der Waals surface area (Å²) >= 11 is 0. The number of carbonyl (C=O) groups is 5. The molecular weight excluding hydrogens is 651 g/mol. The number of amidine groups is 1. The lowest BCUT2D eigenvalue weighted by atomic mass is 9.84. The SMILES string of the molecule is C=CCNC(=O)C(Cc1ccc(C(=N)N)cc1)C(=O)NC(CC1CCCCC1)C(=O)N[C@@H](CCCNC(=N)N)C(N)=O.O=C(O)C(F)(F)F. The maximum Gasteiger partial charge on any atom is 0.490 e. The summed E-state index contributed by atoms with van der Waals surface area (Å²) < 4.78 is 31.7. The van der Waals surface area contributed by atoms with Gasteiger partial charge in [0.25, 0.3) is 0 Å². The molecule has 1 aliphatic carbocycles. The van der Waals surface area contributed by atoms with E-state index in [0.717, 1.165) is 32.1 Å². The van der Waals surface area contributed by atoms with Crippen molar-refractivity contribution >= 4 is 41.4 Å². The number of benzene rings is 1. The van der Waals surface area contributed by atoms with Crippen molar-refractivity contribution in [3.63, 3.8) is 0 Å². The van der Waals surface area contributed by atoms with Gasteiger partial charge < -0.3 is 43.6 Å². The minimum Gasteiger partial charge on any atom is -0.475 e. The third-order valence-corrected chi connectivity index (χ3v) is 7.57. The molecule has 0 radical (unpaired) electrons. The summed E-state index contributed by atoms with van der Waals surface area (Å²) in [6.45, 7) is 4.09. The molecule has 272 valence electrons. The molecule has 0 aromatic heterocycles. The average molecular weight is 698 g/mol. The Morgan fingerprint density at radius 2 is 1.49 bits per heavy atom. The third kappa shape index (κ3) is 16.5. The number of nitrogens with one attached hydrogen (secondary N) is 6. The number of carbonyl (C=O) groups excluding carboxylic acids is 4. The molecule has 49 heavy (non-hydrogen) atoms.